The van der Waals surface area contributed by atoms with Gasteiger partial charge in [-0.25, -0.2) is 4.79 Å². The molecule has 0 radical (unpaired) electrons. The number of aliphatic carboxylic acids is 1. The maximum atomic E-state index is 11.9. The Hall–Kier alpha value is -1.55. The van der Waals surface area contributed by atoms with E-state index in [0.29, 0.717) is 29.0 Å². The largest absolute Gasteiger partial charge is 0.480 e. The number of amides is 1. The Morgan fingerprint density at radius 1 is 1.41 bits per heavy atom. The Labute approximate surface area is 104 Å². The first-order valence-electron chi connectivity index (χ1n) is 5.27. The zero-order valence-corrected chi connectivity index (χ0v) is 10.0. The summed E-state index contributed by atoms with van der Waals surface area (Å²) in [4.78, 5) is 22.9. The van der Waals surface area contributed by atoms with Gasteiger partial charge in [-0.3, -0.25) is 4.79 Å². The van der Waals surface area contributed by atoms with Gasteiger partial charge in [-0.2, -0.15) is 0 Å². The Bertz CT molecular complexity index is 495. The van der Waals surface area contributed by atoms with Gasteiger partial charge in [-0.15, -0.1) is 0 Å². The molecule has 1 aliphatic carbocycles. The second kappa shape index (κ2) is 4.04. The van der Waals surface area contributed by atoms with Crippen LogP contribution in [0.25, 0.3) is 0 Å². The number of benzene rings is 1. The van der Waals surface area contributed by atoms with E-state index in [4.69, 9.17) is 16.7 Å². The zero-order valence-electron chi connectivity index (χ0n) is 9.29. The van der Waals surface area contributed by atoms with Crippen molar-refractivity contribution in [2.75, 3.05) is 0 Å². The molecule has 1 saturated carbocycles. The second-order valence-corrected chi connectivity index (χ2v) is 4.66. The van der Waals surface area contributed by atoms with Crippen LogP contribution in [0, 0.1) is 6.92 Å². The average molecular weight is 254 g/mol. The molecule has 4 nitrogen and oxygen atoms in total. The highest BCUT2D eigenvalue weighted by Crippen LogP contribution is 2.36. The third-order valence-corrected chi connectivity index (χ3v) is 3.43. The molecule has 0 atom stereocenters. The highest BCUT2D eigenvalue weighted by Gasteiger charge is 2.51. The first kappa shape index (κ1) is 11.9. The van der Waals surface area contributed by atoms with Crippen molar-refractivity contribution >= 4 is 23.5 Å². The van der Waals surface area contributed by atoms with Crippen molar-refractivity contribution in [3.8, 4) is 0 Å². The van der Waals surface area contributed by atoms with Crippen LogP contribution in [0.3, 0.4) is 0 Å². The summed E-state index contributed by atoms with van der Waals surface area (Å²) in [5.41, 5.74) is 0.0177. The van der Waals surface area contributed by atoms with E-state index in [1.165, 1.54) is 0 Å². The van der Waals surface area contributed by atoms with Gasteiger partial charge >= 0.3 is 5.97 Å². The van der Waals surface area contributed by atoms with Crippen LogP contribution in [0.1, 0.15) is 28.8 Å². The molecule has 17 heavy (non-hydrogen) atoms. The summed E-state index contributed by atoms with van der Waals surface area (Å²) < 4.78 is 0. The smallest absolute Gasteiger partial charge is 0.329 e. The van der Waals surface area contributed by atoms with Crippen LogP contribution in [-0.2, 0) is 4.79 Å². The fourth-order valence-electron chi connectivity index (χ4n) is 1.66. The summed E-state index contributed by atoms with van der Waals surface area (Å²) in [6.45, 7) is 1.73. The van der Waals surface area contributed by atoms with E-state index in [-0.39, 0.29) is 5.91 Å². The summed E-state index contributed by atoms with van der Waals surface area (Å²) >= 11 is 5.91. The van der Waals surface area contributed by atoms with E-state index < -0.39 is 11.5 Å². The molecule has 0 bridgehead atoms. The molecule has 1 amide bonds. The number of carboxylic acid groups (broad SMARTS) is 1. The molecule has 0 aliphatic heterocycles. The van der Waals surface area contributed by atoms with Gasteiger partial charge in [0, 0.05) is 10.6 Å². The van der Waals surface area contributed by atoms with Crippen molar-refractivity contribution in [3.63, 3.8) is 0 Å². The van der Waals surface area contributed by atoms with Crippen LogP contribution in [0.15, 0.2) is 18.2 Å². The Kier molecular flexibility index (Phi) is 2.83. The van der Waals surface area contributed by atoms with Crippen molar-refractivity contribution in [2.45, 2.75) is 25.3 Å². The van der Waals surface area contributed by atoms with Gasteiger partial charge in [0.1, 0.15) is 5.54 Å². The summed E-state index contributed by atoms with van der Waals surface area (Å²) in [5, 5.41) is 12.0. The lowest BCUT2D eigenvalue weighted by Gasteiger charge is -2.14. The molecule has 0 spiro atoms. The third-order valence-electron chi connectivity index (χ3n) is 3.02. The topological polar surface area (TPSA) is 66.4 Å². The van der Waals surface area contributed by atoms with E-state index >= 15 is 0 Å². The first-order chi connectivity index (χ1) is 7.96. The molecule has 5 heteroatoms. The molecule has 2 N–H and O–H groups in total. The first-order valence-corrected chi connectivity index (χ1v) is 5.65. The van der Waals surface area contributed by atoms with Crippen molar-refractivity contribution in [2.24, 2.45) is 0 Å². The second-order valence-electron chi connectivity index (χ2n) is 4.25. The molecular weight excluding hydrogens is 242 g/mol. The van der Waals surface area contributed by atoms with Gasteiger partial charge in [0.2, 0.25) is 0 Å². The molecule has 90 valence electrons. The van der Waals surface area contributed by atoms with Crippen LogP contribution in [0.2, 0.25) is 5.02 Å². The average Bonchev–Trinajstić information content (AvgIpc) is 3.03. The maximum Gasteiger partial charge on any atom is 0.329 e. The fraction of sp³-hybridized carbons (Fsp3) is 0.333. The summed E-state index contributed by atoms with van der Waals surface area (Å²) in [7, 11) is 0. The Balaban J connectivity index is 2.21. The lowest BCUT2D eigenvalue weighted by atomic mass is 10.1. The predicted molar refractivity (Wildman–Crippen MR) is 63.3 cm³/mol. The number of halogens is 1. The molecule has 1 aromatic rings. The Morgan fingerprint density at radius 2 is 2.06 bits per heavy atom. The number of nitrogens with one attached hydrogen (secondary N) is 1. The van der Waals surface area contributed by atoms with E-state index in [0.717, 1.165) is 0 Å². The van der Waals surface area contributed by atoms with Crippen LogP contribution in [0.4, 0.5) is 0 Å². The number of rotatable bonds is 3. The van der Waals surface area contributed by atoms with E-state index in [2.05, 4.69) is 5.32 Å². The number of carbonyl (C=O) groups excluding carboxylic acids is 1. The van der Waals surface area contributed by atoms with E-state index in [1.54, 1.807) is 25.1 Å². The van der Waals surface area contributed by atoms with Crippen LogP contribution in [0.5, 0.6) is 0 Å². The summed E-state index contributed by atoms with van der Waals surface area (Å²) in [5.74, 6) is -1.37. The highest BCUT2D eigenvalue weighted by molar-refractivity contribution is 6.31. The van der Waals surface area contributed by atoms with Crippen LogP contribution < -0.4 is 5.32 Å². The van der Waals surface area contributed by atoms with Gasteiger partial charge in [0.05, 0.1) is 0 Å². The minimum absolute atomic E-state index is 0.384. The summed E-state index contributed by atoms with van der Waals surface area (Å²) in [6, 6.07) is 5.00. The Morgan fingerprint density at radius 3 is 2.59 bits per heavy atom. The standard InChI is InChI=1S/C12H12ClNO3/c1-7-8(3-2-4-9(7)13)10(15)14-12(5-6-12)11(16)17/h2-4H,5-6H2,1H3,(H,14,15)(H,16,17). The minimum Gasteiger partial charge on any atom is -0.480 e. The van der Waals surface area contributed by atoms with Crippen LogP contribution in [-0.4, -0.2) is 22.5 Å². The maximum absolute atomic E-state index is 11.9. The van der Waals surface area contributed by atoms with Crippen molar-refractivity contribution in [3.05, 3.63) is 34.3 Å². The lowest BCUT2D eigenvalue weighted by molar-refractivity contribution is -0.140. The normalized spacial score (nSPS) is 16.4. The third kappa shape index (κ3) is 2.13. The molecule has 1 fully saturated rings. The summed E-state index contributed by atoms with van der Waals surface area (Å²) in [6.07, 6.45) is 0.960. The van der Waals surface area contributed by atoms with E-state index in [1.807, 2.05) is 0 Å². The molecular formula is C12H12ClNO3. The number of hydrogen-bond acceptors (Lipinski definition) is 2. The SMILES string of the molecule is Cc1c(Cl)cccc1C(=O)NC1(C(=O)O)CC1. The van der Waals surface area contributed by atoms with Gasteiger partial charge in [0.15, 0.2) is 0 Å². The molecule has 2 rings (SSSR count). The molecule has 0 unspecified atom stereocenters. The van der Waals surface area contributed by atoms with Crippen LogP contribution >= 0.6 is 11.6 Å². The molecule has 1 aliphatic rings. The van der Waals surface area contributed by atoms with Gasteiger partial charge < -0.3 is 10.4 Å². The van der Waals surface area contributed by atoms with Crippen molar-refractivity contribution < 1.29 is 14.7 Å². The van der Waals surface area contributed by atoms with Crippen molar-refractivity contribution in [1.82, 2.24) is 5.32 Å². The predicted octanol–water partition coefficient (Wildman–Crippen LogP) is 2.00. The van der Waals surface area contributed by atoms with Gasteiger partial charge in [-0.1, -0.05) is 17.7 Å². The van der Waals surface area contributed by atoms with Crippen molar-refractivity contribution in [1.29, 1.82) is 0 Å². The number of carbonyl (C=O) groups is 2. The fourth-order valence-corrected chi connectivity index (χ4v) is 1.83. The molecule has 0 saturated heterocycles. The quantitative estimate of drug-likeness (QED) is 0.866. The number of hydrogen-bond donors (Lipinski definition) is 2. The van der Waals surface area contributed by atoms with Gasteiger partial charge in [0.25, 0.3) is 5.91 Å². The molecule has 1 aromatic carbocycles. The number of carboxylic acids is 1. The molecule has 0 heterocycles. The zero-order chi connectivity index (χ0) is 12.6. The monoisotopic (exact) mass is 253 g/mol. The van der Waals surface area contributed by atoms with E-state index in [9.17, 15) is 9.59 Å². The highest BCUT2D eigenvalue weighted by atomic mass is 35.5. The minimum atomic E-state index is -1.06. The van der Waals surface area contributed by atoms with Gasteiger partial charge in [-0.05, 0) is 37.5 Å². The molecule has 0 aromatic heterocycles. The lowest BCUT2D eigenvalue weighted by Crippen LogP contribution is -2.43.